The van der Waals surface area contributed by atoms with Gasteiger partial charge in [-0.25, -0.2) is 0 Å². The van der Waals surface area contributed by atoms with E-state index in [0.29, 0.717) is 11.5 Å². The zero-order valence-corrected chi connectivity index (χ0v) is 12.5. The highest BCUT2D eigenvalue weighted by Crippen LogP contribution is 2.37. The lowest BCUT2D eigenvalue weighted by atomic mass is 9.80. The van der Waals surface area contributed by atoms with Crippen molar-refractivity contribution >= 4 is 17.4 Å². The minimum Gasteiger partial charge on any atom is -0.381 e. The molecular formula is C17H21N3O2. The molecule has 0 saturated carbocycles. The van der Waals surface area contributed by atoms with Crippen LogP contribution in [0.1, 0.15) is 40.7 Å². The second-order valence-corrected chi connectivity index (χ2v) is 5.80. The zero-order chi connectivity index (χ0) is 15.5. The molecule has 116 valence electrons. The highest BCUT2D eigenvalue weighted by molar-refractivity contribution is 6.02. The summed E-state index contributed by atoms with van der Waals surface area (Å²) in [5.74, 6) is -0.0798. The van der Waals surface area contributed by atoms with Crippen LogP contribution in [0.15, 0.2) is 29.3 Å². The molecule has 22 heavy (non-hydrogen) atoms. The van der Waals surface area contributed by atoms with Crippen molar-refractivity contribution in [1.82, 2.24) is 0 Å². The molecule has 1 saturated heterocycles. The second-order valence-electron chi connectivity index (χ2n) is 5.80. The molecule has 1 aromatic carbocycles. The molecule has 1 aromatic rings. The van der Waals surface area contributed by atoms with E-state index < -0.39 is 0 Å². The molecule has 0 aromatic heterocycles. The average Bonchev–Trinajstić information content (AvgIpc) is 2.54. The summed E-state index contributed by atoms with van der Waals surface area (Å²) < 4.78 is 5.46. The summed E-state index contributed by atoms with van der Waals surface area (Å²) in [6, 6.07) is 5.77. The summed E-state index contributed by atoms with van der Waals surface area (Å²) >= 11 is 0. The summed E-state index contributed by atoms with van der Waals surface area (Å²) in [4.78, 5) is 15.7. The number of nitrogens with zero attached hydrogens (tertiary/aromatic N) is 1. The van der Waals surface area contributed by atoms with Crippen molar-refractivity contribution in [2.45, 2.75) is 25.7 Å². The zero-order valence-electron chi connectivity index (χ0n) is 12.5. The van der Waals surface area contributed by atoms with Crippen LogP contribution < -0.4 is 11.5 Å². The van der Waals surface area contributed by atoms with Crippen LogP contribution in [0.3, 0.4) is 0 Å². The quantitative estimate of drug-likeness (QED) is 0.644. The third-order valence-electron chi connectivity index (χ3n) is 4.34. The number of ether oxygens (including phenoxy) is 1. The summed E-state index contributed by atoms with van der Waals surface area (Å²) in [5, 5.41) is 0. The largest absolute Gasteiger partial charge is 0.381 e. The number of carbonyl (C=O) groups excluding carboxylic acids is 1. The third kappa shape index (κ3) is 3.04. The topological polar surface area (TPSA) is 90.7 Å². The van der Waals surface area contributed by atoms with Crippen molar-refractivity contribution in [3.8, 4) is 0 Å². The van der Waals surface area contributed by atoms with Gasteiger partial charge in [0.15, 0.2) is 5.96 Å². The average molecular weight is 299 g/mol. The highest BCUT2D eigenvalue weighted by atomic mass is 16.5. The number of hydrogen-bond acceptors (Lipinski definition) is 2. The Labute approximate surface area is 130 Å². The van der Waals surface area contributed by atoms with Crippen molar-refractivity contribution < 1.29 is 9.53 Å². The molecule has 1 heterocycles. The molecule has 0 spiro atoms. The first-order chi connectivity index (χ1) is 10.6. The minimum atomic E-state index is -0.389. The number of aliphatic imine (C=N–C) groups is 1. The van der Waals surface area contributed by atoms with Crippen LogP contribution in [-0.4, -0.2) is 25.1 Å². The number of rotatable bonds is 2. The Kier molecular flexibility index (Phi) is 4.24. The summed E-state index contributed by atoms with van der Waals surface area (Å²) in [6.45, 7) is 1.62. The van der Waals surface area contributed by atoms with Crippen LogP contribution in [0.2, 0.25) is 0 Å². The number of hydrogen-bond donors (Lipinski definition) is 2. The molecule has 0 bridgehead atoms. The number of benzene rings is 1. The first kappa shape index (κ1) is 14.8. The summed E-state index contributed by atoms with van der Waals surface area (Å²) in [6.07, 6.45) is 6.46. The van der Waals surface area contributed by atoms with E-state index in [2.05, 4.69) is 11.1 Å². The lowest BCUT2D eigenvalue weighted by Gasteiger charge is -2.28. The number of amides is 1. The number of allylic oxidation sites excluding steroid dienone is 2. The molecule has 1 aliphatic carbocycles. The van der Waals surface area contributed by atoms with Gasteiger partial charge >= 0.3 is 0 Å². The molecule has 1 amide bonds. The van der Waals surface area contributed by atoms with Gasteiger partial charge in [0.1, 0.15) is 0 Å². The molecule has 4 N–H and O–H groups in total. The molecule has 5 heteroatoms. The van der Waals surface area contributed by atoms with E-state index in [1.54, 1.807) is 6.07 Å². The van der Waals surface area contributed by atoms with Gasteiger partial charge in [0.05, 0.1) is 0 Å². The van der Waals surface area contributed by atoms with E-state index in [-0.39, 0.29) is 11.9 Å². The van der Waals surface area contributed by atoms with Crippen LogP contribution in [0, 0.1) is 5.92 Å². The third-order valence-corrected chi connectivity index (χ3v) is 4.34. The van der Waals surface area contributed by atoms with E-state index in [9.17, 15) is 4.79 Å². The normalized spacial score (nSPS) is 18.3. The highest BCUT2D eigenvalue weighted by Gasteiger charge is 2.24. The Balaban J connectivity index is 1.94. The number of nitrogens with two attached hydrogens (primary N) is 2. The van der Waals surface area contributed by atoms with Gasteiger partial charge in [-0.15, -0.1) is 0 Å². The van der Waals surface area contributed by atoms with E-state index in [1.807, 2.05) is 12.1 Å². The fourth-order valence-electron chi connectivity index (χ4n) is 3.27. The fourth-order valence-corrected chi connectivity index (χ4v) is 3.27. The predicted molar refractivity (Wildman–Crippen MR) is 86.4 cm³/mol. The monoisotopic (exact) mass is 299 g/mol. The molecule has 0 atom stereocenters. The van der Waals surface area contributed by atoms with Crippen LogP contribution in [0.5, 0.6) is 0 Å². The number of guanidine groups is 1. The predicted octanol–water partition coefficient (Wildman–Crippen LogP) is 1.86. The molecule has 0 radical (unpaired) electrons. The van der Waals surface area contributed by atoms with E-state index in [4.69, 9.17) is 16.2 Å². The SMILES string of the molecule is NC(N)=NC(=O)c1ccc2c(c1)C(C1CCOCC1)=CCC2. The van der Waals surface area contributed by atoms with E-state index in [0.717, 1.165) is 38.9 Å². The molecule has 3 rings (SSSR count). The number of carbonyl (C=O) groups is 1. The Morgan fingerprint density at radius 2 is 2.00 bits per heavy atom. The number of fused-ring (bicyclic) bond motifs is 1. The lowest BCUT2D eigenvalue weighted by Crippen LogP contribution is -2.24. The molecule has 0 unspecified atom stereocenters. The Morgan fingerprint density at radius 3 is 2.73 bits per heavy atom. The van der Waals surface area contributed by atoms with Crippen LogP contribution >= 0.6 is 0 Å². The maximum Gasteiger partial charge on any atom is 0.280 e. The van der Waals surface area contributed by atoms with Crippen molar-refractivity contribution in [3.05, 3.63) is 41.0 Å². The first-order valence-electron chi connectivity index (χ1n) is 7.70. The van der Waals surface area contributed by atoms with Crippen molar-refractivity contribution in [1.29, 1.82) is 0 Å². The Hall–Kier alpha value is -2.14. The first-order valence-corrected chi connectivity index (χ1v) is 7.70. The van der Waals surface area contributed by atoms with Gasteiger partial charge in [-0.3, -0.25) is 4.79 Å². The van der Waals surface area contributed by atoms with E-state index >= 15 is 0 Å². The van der Waals surface area contributed by atoms with Crippen molar-refractivity contribution in [2.75, 3.05) is 13.2 Å². The smallest absolute Gasteiger partial charge is 0.280 e. The van der Waals surface area contributed by atoms with Gasteiger partial charge in [-0.2, -0.15) is 4.99 Å². The summed E-state index contributed by atoms with van der Waals surface area (Å²) in [7, 11) is 0. The van der Waals surface area contributed by atoms with Crippen LogP contribution in [-0.2, 0) is 11.2 Å². The molecule has 2 aliphatic rings. The van der Waals surface area contributed by atoms with Gasteiger partial charge in [0, 0.05) is 18.8 Å². The number of aryl methyl sites for hydroxylation is 1. The maximum atomic E-state index is 12.0. The molecule has 1 fully saturated rings. The Morgan fingerprint density at radius 1 is 1.23 bits per heavy atom. The fraction of sp³-hybridized carbons (Fsp3) is 0.412. The lowest BCUT2D eigenvalue weighted by molar-refractivity contribution is 0.0806. The van der Waals surface area contributed by atoms with Gasteiger partial charge in [-0.1, -0.05) is 12.1 Å². The van der Waals surface area contributed by atoms with Crippen molar-refractivity contribution in [2.24, 2.45) is 22.4 Å². The van der Waals surface area contributed by atoms with Crippen LogP contribution in [0.25, 0.3) is 5.57 Å². The van der Waals surface area contributed by atoms with Gasteiger partial charge in [0.2, 0.25) is 0 Å². The van der Waals surface area contributed by atoms with Gasteiger partial charge < -0.3 is 16.2 Å². The standard InChI is InChI=1S/C17H21N3O2/c18-17(19)20-16(21)13-5-4-11-2-1-3-14(15(11)10-13)12-6-8-22-9-7-12/h3-5,10,12H,1-2,6-9H2,(H4,18,19,20,21). The van der Waals surface area contributed by atoms with Crippen LogP contribution in [0.4, 0.5) is 0 Å². The van der Waals surface area contributed by atoms with E-state index in [1.165, 1.54) is 16.7 Å². The van der Waals surface area contributed by atoms with Gasteiger partial charge in [0.25, 0.3) is 5.91 Å². The maximum absolute atomic E-state index is 12.0. The molecule has 1 aliphatic heterocycles. The molecule has 5 nitrogen and oxygen atoms in total. The summed E-state index contributed by atoms with van der Waals surface area (Å²) in [5.41, 5.74) is 14.9. The van der Waals surface area contributed by atoms with Crippen molar-refractivity contribution in [3.63, 3.8) is 0 Å². The molecular weight excluding hydrogens is 278 g/mol. The second kappa shape index (κ2) is 6.32. The Bertz CT molecular complexity index is 639. The van der Waals surface area contributed by atoms with Gasteiger partial charge in [-0.05, 0) is 60.4 Å². The minimum absolute atomic E-state index is 0.206.